The zero-order chi connectivity index (χ0) is 64.8. The maximum atomic E-state index is 13.0. The largest absolute Gasteiger partial charge is 0.472 e. The molecule has 0 radical (unpaired) electrons. The zero-order valence-corrected chi connectivity index (χ0v) is 58.7. The van der Waals surface area contributed by atoms with E-state index in [1.165, 1.54) is 122 Å². The van der Waals surface area contributed by atoms with Gasteiger partial charge in [-0.05, 0) is 128 Å². The highest BCUT2D eigenvalue weighted by molar-refractivity contribution is 7.47. The Bertz CT molecular complexity index is 2060. The Hall–Kier alpha value is -4.14. The number of rotatable bonds is 64. The quantitative estimate of drug-likeness (QED) is 0.0243. The summed E-state index contributed by atoms with van der Waals surface area (Å²) >= 11 is 0. The van der Waals surface area contributed by atoms with Gasteiger partial charge in [0.2, 0.25) is 5.91 Å². The highest BCUT2D eigenvalue weighted by atomic mass is 31.2. The van der Waals surface area contributed by atoms with Crippen molar-refractivity contribution in [2.75, 3.05) is 40.9 Å². The van der Waals surface area contributed by atoms with Crippen molar-refractivity contribution >= 4 is 13.7 Å². The van der Waals surface area contributed by atoms with Crippen LogP contribution < -0.4 is 5.32 Å². The number of hydrogen-bond donors (Lipinski definition) is 3. The molecule has 0 bridgehead atoms. The Morgan fingerprint density at radius 1 is 0.393 bits per heavy atom. The third kappa shape index (κ3) is 71.2. The molecule has 506 valence electrons. The number of quaternary nitrogens is 1. The van der Waals surface area contributed by atoms with Crippen molar-refractivity contribution in [3.8, 4) is 0 Å². The molecule has 0 fully saturated rings. The molecule has 3 unspecified atom stereocenters. The number of hydrogen-bond acceptors (Lipinski definition) is 5. The van der Waals surface area contributed by atoms with Crippen molar-refractivity contribution in [2.45, 2.75) is 289 Å². The van der Waals surface area contributed by atoms with E-state index in [4.69, 9.17) is 9.05 Å². The lowest BCUT2D eigenvalue weighted by molar-refractivity contribution is -0.870. The lowest BCUT2D eigenvalue weighted by Gasteiger charge is -2.25. The molecule has 0 heterocycles. The smallest absolute Gasteiger partial charge is 0.387 e. The van der Waals surface area contributed by atoms with Crippen molar-refractivity contribution in [3.63, 3.8) is 0 Å². The fourth-order valence-corrected chi connectivity index (χ4v) is 10.3. The average molecular weight is 1250 g/mol. The minimum atomic E-state index is -4.39. The van der Waals surface area contributed by atoms with Gasteiger partial charge in [-0.25, -0.2) is 4.57 Å². The Morgan fingerprint density at radius 2 is 0.685 bits per heavy atom. The number of likely N-dealkylation sites (N-methyl/N-ethyl adjacent to an activating group) is 1. The van der Waals surface area contributed by atoms with Crippen molar-refractivity contribution in [1.82, 2.24) is 5.32 Å². The summed E-state index contributed by atoms with van der Waals surface area (Å²) in [6, 6.07) is -0.896. The van der Waals surface area contributed by atoms with Crippen molar-refractivity contribution in [3.05, 3.63) is 170 Å². The molecular formula is C80H136N2O6P+. The van der Waals surface area contributed by atoms with E-state index in [9.17, 15) is 19.4 Å². The molecule has 0 aromatic rings. The number of aliphatic hydroxyl groups excluding tert-OH is 1. The molecule has 0 saturated heterocycles. The lowest BCUT2D eigenvalue weighted by Crippen LogP contribution is -2.45. The molecule has 0 aromatic heterocycles. The first-order valence-electron chi connectivity index (χ1n) is 36.0. The third-order valence-electron chi connectivity index (χ3n) is 15.1. The lowest BCUT2D eigenvalue weighted by atomic mass is 10.0. The van der Waals surface area contributed by atoms with Crippen LogP contribution in [0.3, 0.4) is 0 Å². The van der Waals surface area contributed by atoms with E-state index in [-0.39, 0.29) is 19.1 Å². The Kier molecular flexibility index (Phi) is 65.1. The Morgan fingerprint density at radius 3 is 1.03 bits per heavy atom. The highest BCUT2D eigenvalue weighted by Crippen LogP contribution is 2.43. The number of nitrogens with zero attached hydrogens (tertiary/aromatic N) is 1. The summed E-state index contributed by atoms with van der Waals surface area (Å²) in [7, 11) is 1.51. The summed E-state index contributed by atoms with van der Waals surface area (Å²) in [5.74, 6) is -0.215. The summed E-state index contributed by atoms with van der Waals surface area (Å²) in [5.41, 5.74) is 0. The van der Waals surface area contributed by atoms with E-state index in [0.717, 1.165) is 135 Å². The second-order valence-corrected chi connectivity index (χ2v) is 26.3. The number of phosphoric ester groups is 1. The Labute approximate surface area is 549 Å². The molecule has 1 amide bonds. The maximum absolute atomic E-state index is 13.0. The molecule has 0 spiro atoms. The fourth-order valence-electron chi connectivity index (χ4n) is 9.61. The SMILES string of the molecule is CC/C=C\C/C=C\C/C=C\C/C=C\C/C=C\C/C=C\C/C=C\C/C=C\C/C=C\C/C=C\C/C=C\CCCCCCCC(=O)NC(COP(=O)(O)OCC[N+](C)(C)C)C(O)/C=C/CC/C=C/CC/C=C/CCCCCCCCCCCCCCCCCCCC. The van der Waals surface area contributed by atoms with Crippen LogP contribution in [0.2, 0.25) is 0 Å². The molecular weight excluding hydrogens is 1120 g/mol. The molecule has 0 aliphatic carbocycles. The van der Waals surface area contributed by atoms with Crippen molar-refractivity contribution in [1.29, 1.82) is 0 Å². The van der Waals surface area contributed by atoms with E-state index < -0.39 is 20.0 Å². The number of carbonyl (C=O) groups is 1. The molecule has 0 aliphatic rings. The number of aliphatic hydroxyl groups is 1. The van der Waals surface area contributed by atoms with Crippen LogP contribution in [0.4, 0.5) is 0 Å². The molecule has 0 rings (SSSR count). The van der Waals surface area contributed by atoms with Crippen LogP contribution in [-0.2, 0) is 18.4 Å². The number of unbranched alkanes of at least 4 members (excludes halogenated alkanes) is 25. The van der Waals surface area contributed by atoms with Gasteiger partial charge in [-0.3, -0.25) is 13.8 Å². The first kappa shape index (κ1) is 84.9. The standard InChI is InChI=1S/C80H135N2O6P/c1-6-8-10-12-14-16-18-20-22-24-26-28-30-32-34-36-37-38-39-40-41-42-43-44-45-46-48-50-52-54-56-58-60-62-64-66-68-70-72-74-80(84)81-78(77-88-89(85,86)87-76-75-82(3,4)5)79(83)73-71-69-67-65-63-61-59-57-55-53-51-49-47-35-33-31-29-27-25-23-21-19-17-15-13-11-9-7-2/h8,10,14,16,20,22,26,28,32,34,37-38,40-41,43-44,46,48,52,54-55,57-58,60,63,65,71,73,78-79,83H,6-7,9,11-13,15,17-19,21,23-25,27,29-31,33,35-36,39,42,45,47,49-51,53,56,59,61-62,64,66-70,72,74-77H2,1-5H3,(H-,81,84,85,86)/p+1/b10-8-,16-14-,22-20-,28-26-,34-32-,38-37-,41-40-,44-43-,48-46-,54-52-,57-55+,60-58-,65-63+,73-71+. The summed E-state index contributed by atoms with van der Waals surface area (Å²) in [6.07, 6.45) is 108. The maximum Gasteiger partial charge on any atom is 0.472 e. The first-order chi connectivity index (χ1) is 43.5. The van der Waals surface area contributed by atoms with Gasteiger partial charge in [0.25, 0.3) is 0 Å². The van der Waals surface area contributed by atoms with Crippen LogP contribution >= 0.6 is 7.82 Å². The predicted molar refractivity (Wildman–Crippen MR) is 391 cm³/mol. The monoisotopic (exact) mass is 1250 g/mol. The summed E-state index contributed by atoms with van der Waals surface area (Å²) < 4.78 is 23.8. The van der Waals surface area contributed by atoms with Gasteiger partial charge in [0.1, 0.15) is 13.2 Å². The van der Waals surface area contributed by atoms with Crippen molar-refractivity contribution < 1.29 is 32.9 Å². The van der Waals surface area contributed by atoms with Crippen LogP contribution in [0.15, 0.2) is 170 Å². The van der Waals surface area contributed by atoms with Gasteiger partial charge >= 0.3 is 7.82 Å². The van der Waals surface area contributed by atoms with Gasteiger partial charge < -0.3 is 19.8 Å². The van der Waals surface area contributed by atoms with Gasteiger partial charge in [-0.1, -0.05) is 312 Å². The van der Waals surface area contributed by atoms with Gasteiger partial charge in [0.05, 0.1) is 39.9 Å². The number of phosphoric acid groups is 1. The highest BCUT2D eigenvalue weighted by Gasteiger charge is 2.28. The van der Waals surface area contributed by atoms with Gasteiger partial charge in [-0.15, -0.1) is 0 Å². The van der Waals surface area contributed by atoms with Gasteiger partial charge in [0.15, 0.2) is 0 Å². The van der Waals surface area contributed by atoms with Crippen molar-refractivity contribution in [2.24, 2.45) is 0 Å². The minimum absolute atomic E-state index is 0.0403. The zero-order valence-electron chi connectivity index (χ0n) is 57.9. The van der Waals surface area contributed by atoms with E-state index in [1.807, 2.05) is 27.2 Å². The Balaban J connectivity index is 4.25. The number of amides is 1. The van der Waals surface area contributed by atoms with Gasteiger partial charge in [-0.2, -0.15) is 0 Å². The van der Waals surface area contributed by atoms with Crippen LogP contribution in [0.25, 0.3) is 0 Å². The topological polar surface area (TPSA) is 105 Å². The van der Waals surface area contributed by atoms with E-state index in [0.29, 0.717) is 17.4 Å². The molecule has 8 nitrogen and oxygen atoms in total. The molecule has 0 aromatic carbocycles. The second kappa shape index (κ2) is 68.2. The molecule has 0 saturated carbocycles. The molecule has 89 heavy (non-hydrogen) atoms. The minimum Gasteiger partial charge on any atom is -0.387 e. The van der Waals surface area contributed by atoms with Crippen LogP contribution in [0.1, 0.15) is 277 Å². The second-order valence-electron chi connectivity index (χ2n) is 24.9. The molecule has 3 atom stereocenters. The summed E-state index contributed by atoms with van der Waals surface area (Å²) in [6.45, 7) is 4.66. The number of allylic oxidation sites excluding steroid dienone is 27. The molecule has 3 N–H and O–H groups in total. The summed E-state index contributed by atoms with van der Waals surface area (Å²) in [4.78, 5) is 23.4. The van der Waals surface area contributed by atoms with Gasteiger partial charge in [0, 0.05) is 6.42 Å². The number of nitrogens with one attached hydrogen (secondary N) is 1. The van der Waals surface area contributed by atoms with E-state index in [1.54, 1.807) is 6.08 Å². The summed E-state index contributed by atoms with van der Waals surface area (Å²) in [5, 5.41) is 14.0. The normalized spacial score (nSPS) is 14.6. The van der Waals surface area contributed by atoms with Crippen LogP contribution in [0, 0.1) is 0 Å². The average Bonchev–Trinajstić information content (AvgIpc) is 3.55. The number of carbonyl (C=O) groups excluding carboxylic acids is 1. The van der Waals surface area contributed by atoms with Crippen LogP contribution in [0.5, 0.6) is 0 Å². The molecule has 9 heteroatoms. The molecule has 0 aliphatic heterocycles. The third-order valence-corrected chi connectivity index (χ3v) is 16.1. The van der Waals surface area contributed by atoms with Crippen LogP contribution in [-0.4, -0.2) is 73.4 Å². The first-order valence-corrected chi connectivity index (χ1v) is 37.5. The van der Waals surface area contributed by atoms with E-state index >= 15 is 0 Å². The predicted octanol–water partition coefficient (Wildman–Crippen LogP) is 23.5. The van der Waals surface area contributed by atoms with E-state index in [2.05, 4.69) is 177 Å². The fraction of sp³-hybridized carbons (Fsp3) is 0.637.